The van der Waals surface area contributed by atoms with Crippen LogP contribution < -0.4 is 15.0 Å². The van der Waals surface area contributed by atoms with Gasteiger partial charge in [0.2, 0.25) is 0 Å². The number of aryl methyl sites for hydroxylation is 1. The molecule has 1 aliphatic heterocycles. The van der Waals surface area contributed by atoms with Gasteiger partial charge in [-0.2, -0.15) is 5.26 Å². The van der Waals surface area contributed by atoms with Crippen LogP contribution >= 0.6 is 43.5 Å². The number of carbonyl (C=O) groups excluding carboxylic acids is 3. The average molecular weight is 630 g/mol. The zero-order valence-electron chi connectivity index (χ0n) is 18.6. The van der Waals surface area contributed by atoms with Gasteiger partial charge in [0.05, 0.1) is 26.3 Å². The Morgan fingerprint density at radius 3 is 2.44 bits per heavy atom. The van der Waals surface area contributed by atoms with Crippen molar-refractivity contribution in [2.45, 2.75) is 13.5 Å². The molecular formula is C26H16Br2ClN3O4. The van der Waals surface area contributed by atoms with Gasteiger partial charge >= 0.3 is 6.03 Å². The summed E-state index contributed by atoms with van der Waals surface area (Å²) in [5, 5.41) is 11.9. The van der Waals surface area contributed by atoms with Crippen LogP contribution in [0.5, 0.6) is 5.75 Å². The minimum absolute atomic E-state index is 0.165. The molecule has 0 saturated carbocycles. The van der Waals surface area contributed by atoms with Crippen molar-refractivity contribution in [1.82, 2.24) is 5.32 Å². The summed E-state index contributed by atoms with van der Waals surface area (Å²) in [4.78, 5) is 39.0. The third-order valence-electron chi connectivity index (χ3n) is 5.36. The number of halogens is 3. The van der Waals surface area contributed by atoms with Crippen LogP contribution in [0.4, 0.5) is 10.5 Å². The fourth-order valence-corrected chi connectivity index (χ4v) is 5.11. The summed E-state index contributed by atoms with van der Waals surface area (Å²) in [5.41, 5.74) is 2.56. The number of barbiturate groups is 1. The van der Waals surface area contributed by atoms with Crippen LogP contribution in [0.15, 0.2) is 69.1 Å². The molecule has 0 atom stereocenters. The summed E-state index contributed by atoms with van der Waals surface area (Å²) in [6.45, 7) is 1.96. The fourth-order valence-electron chi connectivity index (χ4n) is 3.49. The second kappa shape index (κ2) is 10.7. The van der Waals surface area contributed by atoms with Crippen LogP contribution in [0.3, 0.4) is 0 Å². The first-order chi connectivity index (χ1) is 17.2. The van der Waals surface area contributed by atoms with Crippen molar-refractivity contribution in [3.05, 3.63) is 96.4 Å². The SMILES string of the molecule is Cc1ccc(N2C(=O)NC(=O)/C(=C/c3cc(Br)c(OCc4ccccc4C#N)c(Br)c3)C2=O)cc1Cl. The summed E-state index contributed by atoms with van der Waals surface area (Å²) in [6, 6.07) is 16.5. The molecule has 1 N–H and O–H groups in total. The third-order valence-corrected chi connectivity index (χ3v) is 6.94. The van der Waals surface area contributed by atoms with E-state index in [1.807, 2.05) is 6.07 Å². The van der Waals surface area contributed by atoms with Gasteiger partial charge in [0.1, 0.15) is 17.9 Å². The molecule has 0 aromatic heterocycles. The second-order valence-corrected chi connectivity index (χ2v) is 9.88. The zero-order valence-corrected chi connectivity index (χ0v) is 22.6. The van der Waals surface area contributed by atoms with E-state index in [9.17, 15) is 19.6 Å². The number of carbonyl (C=O) groups is 3. The topological polar surface area (TPSA) is 99.5 Å². The Morgan fingerprint density at radius 2 is 1.78 bits per heavy atom. The largest absolute Gasteiger partial charge is 0.486 e. The minimum Gasteiger partial charge on any atom is -0.486 e. The van der Waals surface area contributed by atoms with Gasteiger partial charge < -0.3 is 4.74 Å². The molecule has 3 aromatic rings. The van der Waals surface area contributed by atoms with E-state index >= 15 is 0 Å². The summed E-state index contributed by atoms with van der Waals surface area (Å²) in [5.74, 6) is -1.10. The molecule has 10 heteroatoms. The molecule has 36 heavy (non-hydrogen) atoms. The fraction of sp³-hybridized carbons (Fsp3) is 0.0769. The van der Waals surface area contributed by atoms with Crippen molar-refractivity contribution in [3.63, 3.8) is 0 Å². The van der Waals surface area contributed by atoms with E-state index in [0.717, 1.165) is 16.0 Å². The molecule has 1 aliphatic rings. The Hall–Kier alpha value is -3.45. The quantitative estimate of drug-likeness (QED) is 0.264. The van der Waals surface area contributed by atoms with E-state index in [1.165, 1.54) is 12.1 Å². The number of anilines is 1. The lowest BCUT2D eigenvalue weighted by Gasteiger charge is -2.26. The number of imide groups is 2. The first-order valence-corrected chi connectivity index (χ1v) is 12.4. The van der Waals surface area contributed by atoms with Gasteiger partial charge in [-0.25, -0.2) is 9.69 Å². The summed E-state index contributed by atoms with van der Waals surface area (Å²) >= 11 is 13.1. The second-order valence-electron chi connectivity index (χ2n) is 7.76. The molecule has 1 fully saturated rings. The molecule has 4 rings (SSSR count). The number of amides is 4. The third kappa shape index (κ3) is 5.21. The van der Waals surface area contributed by atoms with E-state index in [2.05, 4.69) is 43.2 Å². The van der Waals surface area contributed by atoms with E-state index in [1.54, 1.807) is 49.4 Å². The highest BCUT2D eigenvalue weighted by Crippen LogP contribution is 2.36. The van der Waals surface area contributed by atoms with Gasteiger partial charge in [-0.05, 0) is 86.3 Å². The number of nitrogens with zero attached hydrogens (tertiary/aromatic N) is 2. The van der Waals surface area contributed by atoms with Gasteiger partial charge in [0, 0.05) is 10.6 Å². The number of nitriles is 1. The van der Waals surface area contributed by atoms with Crippen molar-refractivity contribution in [1.29, 1.82) is 5.26 Å². The molecule has 4 amide bonds. The van der Waals surface area contributed by atoms with Gasteiger partial charge in [0.15, 0.2) is 0 Å². The Balaban J connectivity index is 1.62. The monoisotopic (exact) mass is 627 g/mol. The molecule has 0 bridgehead atoms. The highest BCUT2D eigenvalue weighted by atomic mass is 79.9. The first-order valence-electron chi connectivity index (χ1n) is 10.5. The summed E-state index contributed by atoms with van der Waals surface area (Å²) in [6.07, 6.45) is 1.39. The van der Waals surface area contributed by atoms with E-state index in [-0.39, 0.29) is 17.9 Å². The molecule has 7 nitrogen and oxygen atoms in total. The zero-order chi connectivity index (χ0) is 26.0. The molecule has 1 heterocycles. The normalized spacial score (nSPS) is 14.6. The van der Waals surface area contributed by atoms with Gasteiger partial charge in [-0.3, -0.25) is 14.9 Å². The lowest BCUT2D eigenvalue weighted by molar-refractivity contribution is -0.122. The van der Waals surface area contributed by atoms with Gasteiger partial charge in [-0.1, -0.05) is 35.9 Å². The smallest absolute Gasteiger partial charge is 0.335 e. The van der Waals surface area contributed by atoms with Crippen LogP contribution in [0, 0.1) is 18.3 Å². The van der Waals surface area contributed by atoms with Crippen LogP contribution in [-0.4, -0.2) is 17.8 Å². The molecule has 0 spiro atoms. The molecule has 0 radical (unpaired) electrons. The molecular weight excluding hydrogens is 614 g/mol. The number of urea groups is 1. The number of hydrogen-bond donors (Lipinski definition) is 1. The van der Waals surface area contributed by atoms with Crippen molar-refractivity contribution >= 4 is 73.1 Å². The molecule has 1 saturated heterocycles. The maximum absolute atomic E-state index is 13.2. The average Bonchev–Trinajstić information content (AvgIpc) is 2.83. The van der Waals surface area contributed by atoms with Crippen LogP contribution in [0.1, 0.15) is 22.3 Å². The van der Waals surface area contributed by atoms with Crippen molar-refractivity contribution in [2.24, 2.45) is 0 Å². The Bertz CT molecular complexity index is 1470. The molecule has 0 aliphatic carbocycles. The Labute approximate surface area is 228 Å². The Kier molecular flexibility index (Phi) is 7.59. The minimum atomic E-state index is -0.856. The number of ether oxygens (including phenoxy) is 1. The Morgan fingerprint density at radius 1 is 1.08 bits per heavy atom. The van der Waals surface area contributed by atoms with Crippen LogP contribution in [0.2, 0.25) is 5.02 Å². The number of rotatable bonds is 5. The van der Waals surface area contributed by atoms with E-state index < -0.39 is 17.8 Å². The lowest BCUT2D eigenvalue weighted by Crippen LogP contribution is -2.54. The molecule has 0 unspecified atom stereocenters. The van der Waals surface area contributed by atoms with Crippen molar-refractivity contribution in [3.8, 4) is 11.8 Å². The molecule has 180 valence electrons. The highest BCUT2D eigenvalue weighted by molar-refractivity contribution is 9.11. The first kappa shape index (κ1) is 25.6. The standard InChI is InChI=1S/C26H16Br2ClN3O4/c1-14-6-7-18(11-22(14)29)32-25(34)19(24(33)31-26(32)35)8-15-9-20(27)23(21(28)10-15)36-13-17-5-3-2-4-16(17)12-30/h2-11H,13H2,1H3,(H,31,33,35)/b19-8-. The van der Waals surface area contributed by atoms with E-state index in [4.69, 9.17) is 16.3 Å². The summed E-state index contributed by atoms with van der Waals surface area (Å²) in [7, 11) is 0. The highest BCUT2D eigenvalue weighted by Gasteiger charge is 2.37. The van der Waals surface area contributed by atoms with Gasteiger partial charge in [0.25, 0.3) is 11.8 Å². The van der Waals surface area contributed by atoms with E-state index in [0.29, 0.717) is 30.8 Å². The maximum atomic E-state index is 13.2. The molecule has 3 aromatic carbocycles. The van der Waals surface area contributed by atoms with Crippen molar-refractivity contribution in [2.75, 3.05) is 4.90 Å². The predicted molar refractivity (Wildman–Crippen MR) is 143 cm³/mol. The summed E-state index contributed by atoms with van der Waals surface area (Å²) < 4.78 is 7.03. The predicted octanol–water partition coefficient (Wildman–Crippen LogP) is 6.29. The van der Waals surface area contributed by atoms with Crippen LogP contribution in [0.25, 0.3) is 6.08 Å². The lowest BCUT2D eigenvalue weighted by atomic mass is 10.1. The van der Waals surface area contributed by atoms with Gasteiger partial charge in [-0.15, -0.1) is 0 Å². The number of benzene rings is 3. The number of nitrogens with one attached hydrogen (secondary N) is 1. The van der Waals surface area contributed by atoms with Crippen LogP contribution in [-0.2, 0) is 16.2 Å². The number of hydrogen-bond acceptors (Lipinski definition) is 5. The van der Waals surface area contributed by atoms with Crippen molar-refractivity contribution < 1.29 is 19.1 Å². The maximum Gasteiger partial charge on any atom is 0.335 e.